The van der Waals surface area contributed by atoms with Crippen LogP contribution in [0.3, 0.4) is 0 Å². The lowest BCUT2D eigenvalue weighted by Crippen LogP contribution is -2.49. The van der Waals surface area contributed by atoms with Crippen molar-refractivity contribution in [2.24, 2.45) is 5.73 Å². The smallest absolute Gasteiger partial charge is 0.321 e. The molecule has 0 bridgehead atoms. The first-order chi connectivity index (χ1) is 8.11. The largest absolute Gasteiger partial charge is 0.334 e. The molecule has 0 aromatic rings. The number of carbonyl (C=O) groups excluding carboxylic acids is 2. The third-order valence-corrected chi connectivity index (χ3v) is 2.57. The van der Waals surface area contributed by atoms with Crippen molar-refractivity contribution >= 4 is 11.9 Å². The zero-order chi connectivity index (χ0) is 12.7. The lowest BCUT2D eigenvalue weighted by molar-refractivity contribution is -0.121. The molecule has 1 atom stereocenters. The van der Waals surface area contributed by atoms with E-state index in [0.717, 1.165) is 19.4 Å². The lowest BCUT2D eigenvalue weighted by Gasteiger charge is -2.29. The third kappa shape index (κ3) is 5.46. The molecule has 1 aliphatic heterocycles. The van der Waals surface area contributed by atoms with Gasteiger partial charge in [0, 0.05) is 19.1 Å². The maximum atomic E-state index is 11.5. The zero-order valence-corrected chi connectivity index (χ0v) is 9.95. The van der Waals surface area contributed by atoms with Crippen molar-refractivity contribution in [2.75, 3.05) is 26.2 Å². The Hall–Kier alpha value is -1.40. The number of likely N-dealkylation sites (tertiary alicyclic amines) is 1. The van der Waals surface area contributed by atoms with E-state index in [9.17, 15) is 9.59 Å². The van der Waals surface area contributed by atoms with Gasteiger partial charge in [0.2, 0.25) is 5.91 Å². The Bertz CT molecular complexity index is 293. The first kappa shape index (κ1) is 13.7. The Labute approximate surface area is 101 Å². The van der Waals surface area contributed by atoms with Crippen molar-refractivity contribution in [1.82, 2.24) is 15.5 Å². The van der Waals surface area contributed by atoms with Gasteiger partial charge in [-0.15, -0.1) is 6.58 Å². The molecule has 0 spiro atoms. The first-order valence-electron chi connectivity index (χ1n) is 5.78. The molecule has 1 heterocycles. The Morgan fingerprint density at radius 2 is 2.29 bits per heavy atom. The first-order valence-corrected chi connectivity index (χ1v) is 5.78. The van der Waals surface area contributed by atoms with Gasteiger partial charge in [0.1, 0.15) is 0 Å². The maximum absolute atomic E-state index is 11.5. The fourth-order valence-corrected chi connectivity index (χ4v) is 1.81. The molecule has 6 nitrogen and oxygen atoms in total. The Morgan fingerprint density at radius 1 is 1.53 bits per heavy atom. The number of hydrogen-bond donors (Lipinski definition) is 3. The molecule has 96 valence electrons. The molecule has 0 aromatic heterocycles. The van der Waals surface area contributed by atoms with Crippen LogP contribution in [0.25, 0.3) is 0 Å². The standard InChI is InChI=1S/C11H20N4O2/c1-2-5-13-11(17)14-10(16)8-15-6-3-4-9(12)7-15/h2,9H,1,3-8,12H2,(H2,13,14,16,17). The van der Waals surface area contributed by atoms with Gasteiger partial charge >= 0.3 is 6.03 Å². The van der Waals surface area contributed by atoms with Crippen LogP contribution in [0.2, 0.25) is 0 Å². The summed E-state index contributed by atoms with van der Waals surface area (Å²) in [5.41, 5.74) is 5.80. The Balaban J connectivity index is 2.24. The van der Waals surface area contributed by atoms with E-state index in [-0.39, 0.29) is 18.5 Å². The number of hydrogen-bond acceptors (Lipinski definition) is 4. The molecule has 1 rings (SSSR count). The van der Waals surface area contributed by atoms with E-state index in [0.29, 0.717) is 13.1 Å². The van der Waals surface area contributed by atoms with Gasteiger partial charge in [-0.3, -0.25) is 15.0 Å². The van der Waals surface area contributed by atoms with Crippen molar-refractivity contribution < 1.29 is 9.59 Å². The van der Waals surface area contributed by atoms with E-state index in [2.05, 4.69) is 17.2 Å². The van der Waals surface area contributed by atoms with Crippen molar-refractivity contribution in [2.45, 2.75) is 18.9 Å². The van der Waals surface area contributed by atoms with Gasteiger partial charge in [-0.05, 0) is 19.4 Å². The van der Waals surface area contributed by atoms with E-state index in [1.807, 2.05) is 4.90 Å². The highest BCUT2D eigenvalue weighted by Crippen LogP contribution is 2.06. The predicted octanol–water partition coefficient (Wildman–Crippen LogP) is -0.579. The number of nitrogens with one attached hydrogen (secondary N) is 2. The minimum atomic E-state index is -0.490. The van der Waals surface area contributed by atoms with E-state index in [4.69, 9.17) is 5.73 Å². The summed E-state index contributed by atoms with van der Waals surface area (Å²) >= 11 is 0. The van der Waals surface area contributed by atoms with Crippen LogP contribution in [0.1, 0.15) is 12.8 Å². The summed E-state index contributed by atoms with van der Waals surface area (Å²) in [5, 5.41) is 4.73. The summed E-state index contributed by atoms with van der Waals surface area (Å²) in [6.45, 7) is 5.59. The highest BCUT2D eigenvalue weighted by molar-refractivity contribution is 5.95. The second-order valence-corrected chi connectivity index (χ2v) is 4.18. The molecule has 1 aliphatic rings. The molecule has 1 saturated heterocycles. The number of carbonyl (C=O) groups is 2. The third-order valence-electron chi connectivity index (χ3n) is 2.57. The molecular formula is C11H20N4O2. The van der Waals surface area contributed by atoms with Crippen molar-refractivity contribution in [1.29, 1.82) is 0 Å². The Morgan fingerprint density at radius 3 is 2.94 bits per heavy atom. The van der Waals surface area contributed by atoms with Crippen LogP contribution in [-0.2, 0) is 4.79 Å². The van der Waals surface area contributed by atoms with Gasteiger partial charge in [0.25, 0.3) is 0 Å². The van der Waals surface area contributed by atoms with Crippen molar-refractivity contribution in [3.63, 3.8) is 0 Å². The van der Waals surface area contributed by atoms with Crippen molar-refractivity contribution in [3.05, 3.63) is 12.7 Å². The van der Waals surface area contributed by atoms with Crippen LogP contribution >= 0.6 is 0 Å². The summed E-state index contributed by atoms with van der Waals surface area (Å²) in [5.74, 6) is -0.305. The number of amides is 3. The van der Waals surface area contributed by atoms with E-state index < -0.39 is 6.03 Å². The molecule has 3 amide bonds. The zero-order valence-electron chi connectivity index (χ0n) is 9.95. The summed E-state index contributed by atoms with van der Waals surface area (Å²) in [7, 11) is 0. The van der Waals surface area contributed by atoms with E-state index in [1.54, 1.807) is 6.08 Å². The molecule has 0 radical (unpaired) electrons. The van der Waals surface area contributed by atoms with Gasteiger partial charge in [-0.25, -0.2) is 4.79 Å². The van der Waals surface area contributed by atoms with Gasteiger partial charge < -0.3 is 11.1 Å². The second kappa shape index (κ2) is 7.03. The molecule has 1 unspecified atom stereocenters. The van der Waals surface area contributed by atoms with Crippen LogP contribution < -0.4 is 16.4 Å². The molecule has 1 fully saturated rings. The number of imide groups is 1. The second-order valence-electron chi connectivity index (χ2n) is 4.18. The average Bonchev–Trinajstić information content (AvgIpc) is 2.26. The number of nitrogens with two attached hydrogens (primary N) is 1. The molecule has 0 aromatic carbocycles. The quantitative estimate of drug-likeness (QED) is 0.574. The summed E-state index contributed by atoms with van der Waals surface area (Å²) in [4.78, 5) is 24.7. The summed E-state index contributed by atoms with van der Waals surface area (Å²) < 4.78 is 0. The van der Waals surface area contributed by atoms with Crippen LogP contribution in [0, 0.1) is 0 Å². The molecular weight excluding hydrogens is 220 g/mol. The molecule has 6 heteroatoms. The molecule has 4 N–H and O–H groups in total. The topological polar surface area (TPSA) is 87.5 Å². The van der Waals surface area contributed by atoms with Gasteiger partial charge in [0.15, 0.2) is 0 Å². The normalized spacial score (nSPS) is 20.6. The molecule has 0 saturated carbocycles. The Kier molecular flexibility index (Phi) is 5.65. The summed E-state index contributed by atoms with van der Waals surface area (Å²) in [6.07, 6.45) is 3.54. The minimum Gasteiger partial charge on any atom is -0.334 e. The summed E-state index contributed by atoms with van der Waals surface area (Å²) in [6, 6.07) is -0.359. The van der Waals surface area contributed by atoms with Crippen LogP contribution in [0.15, 0.2) is 12.7 Å². The SMILES string of the molecule is C=CCNC(=O)NC(=O)CN1CCCC(N)C1. The predicted molar refractivity (Wildman–Crippen MR) is 65.4 cm³/mol. The van der Waals surface area contributed by atoms with Gasteiger partial charge in [-0.2, -0.15) is 0 Å². The lowest BCUT2D eigenvalue weighted by atomic mass is 10.1. The van der Waals surface area contributed by atoms with Gasteiger partial charge in [0.05, 0.1) is 6.54 Å². The monoisotopic (exact) mass is 240 g/mol. The number of nitrogens with zero attached hydrogens (tertiary/aromatic N) is 1. The maximum Gasteiger partial charge on any atom is 0.321 e. The van der Waals surface area contributed by atoms with E-state index >= 15 is 0 Å². The number of rotatable bonds is 4. The fraction of sp³-hybridized carbons (Fsp3) is 0.636. The molecule has 17 heavy (non-hydrogen) atoms. The number of urea groups is 1. The van der Waals surface area contributed by atoms with Gasteiger partial charge in [-0.1, -0.05) is 6.08 Å². The average molecular weight is 240 g/mol. The van der Waals surface area contributed by atoms with Crippen LogP contribution in [0.4, 0.5) is 4.79 Å². The fourth-order valence-electron chi connectivity index (χ4n) is 1.81. The highest BCUT2D eigenvalue weighted by Gasteiger charge is 2.19. The van der Waals surface area contributed by atoms with Crippen molar-refractivity contribution in [3.8, 4) is 0 Å². The van der Waals surface area contributed by atoms with Crippen LogP contribution in [0.5, 0.6) is 0 Å². The molecule has 0 aliphatic carbocycles. The highest BCUT2D eigenvalue weighted by atomic mass is 16.2. The van der Waals surface area contributed by atoms with Crippen LogP contribution in [-0.4, -0.2) is 49.1 Å². The van der Waals surface area contributed by atoms with E-state index in [1.165, 1.54) is 0 Å². The minimum absolute atomic E-state index is 0.131. The number of piperidine rings is 1.